The Bertz CT molecular complexity index is 170. The predicted molar refractivity (Wildman–Crippen MR) is 66.0 cm³/mol. The quantitative estimate of drug-likeness (QED) is 0.746. The molecule has 0 bridgehead atoms. The average Bonchev–Trinajstić information content (AvgIpc) is 2.31. The standard InChI is InChI=1S/C14H27N/c1-2-15-14-10-6-9-13(11-14)12-7-4-3-5-8-12/h12-15H,2-11H2,1H3. The van der Waals surface area contributed by atoms with Gasteiger partial charge in [0.15, 0.2) is 0 Å². The van der Waals surface area contributed by atoms with Gasteiger partial charge in [0.1, 0.15) is 0 Å². The molecule has 0 spiro atoms. The van der Waals surface area contributed by atoms with Crippen LogP contribution in [0.1, 0.15) is 64.7 Å². The van der Waals surface area contributed by atoms with E-state index in [4.69, 9.17) is 0 Å². The van der Waals surface area contributed by atoms with Gasteiger partial charge in [0, 0.05) is 6.04 Å². The van der Waals surface area contributed by atoms with Gasteiger partial charge in [-0.3, -0.25) is 0 Å². The molecule has 0 aromatic rings. The first-order valence-electron chi connectivity index (χ1n) is 7.13. The minimum Gasteiger partial charge on any atom is -0.314 e. The lowest BCUT2D eigenvalue weighted by Gasteiger charge is -2.36. The van der Waals surface area contributed by atoms with Crippen LogP contribution in [0.5, 0.6) is 0 Å². The lowest BCUT2D eigenvalue weighted by Crippen LogP contribution is -2.36. The van der Waals surface area contributed by atoms with Gasteiger partial charge in [0.2, 0.25) is 0 Å². The van der Waals surface area contributed by atoms with Crippen LogP contribution in [-0.2, 0) is 0 Å². The van der Waals surface area contributed by atoms with Gasteiger partial charge in [0.05, 0.1) is 0 Å². The van der Waals surface area contributed by atoms with E-state index in [0.717, 1.165) is 24.4 Å². The van der Waals surface area contributed by atoms with Crippen molar-refractivity contribution in [2.24, 2.45) is 11.8 Å². The fourth-order valence-electron chi connectivity index (χ4n) is 3.74. The van der Waals surface area contributed by atoms with Crippen molar-refractivity contribution in [3.05, 3.63) is 0 Å². The molecule has 1 N–H and O–H groups in total. The van der Waals surface area contributed by atoms with Gasteiger partial charge < -0.3 is 5.32 Å². The van der Waals surface area contributed by atoms with Crippen LogP contribution in [0.15, 0.2) is 0 Å². The van der Waals surface area contributed by atoms with Crippen molar-refractivity contribution in [2.75, 3.05) is 6.54 Å². The van der Waals surface area contributed by atoms with Gasteiger partial charge in [-0.1, -0.05) is 51.9 Å². The second-order valence-corrected chi connectivity index (χ2v) is 5.58. The molecule has 2 unspecified atom stereocenters. The summed E-state index contributed by atoms with van der Waals surface area (Å²) in [5.41, 5.74) is 0. The van der Waals surface area contributed by atoms with E-state index < -0.39 is 0 Å². The molecule has 2 atom stereocenters. The molecule has 88 valence electrons. The molecule has 0 aromatic heterocycles. The highest BCUT2D eigenvalue weighted by Gasteiger charge is 2.28. The molecule has 0 aliphatic heterocycles. The molecular formula is C14H27N. The largest absolute Gasteiger partial charge is 0.314 e. The van der Waals surface area contributed by atoms with E-state index in [1.54, 1.807) is 0 Å². The SMILES string of the molecule is CCNC1CCCC(C2CCCCC2)C1. The molecule has 2 fully saturated rings. The maximum atomic E-state index is 3.65. The van der Waals surface area contributed by atoms with Crippen molar-refractivity contribution < 1.29 is 0 Å². The molecule has 2 rings (SSSR count). The molecule has 0 aromatic carbocycles. The molecule has 0 heterocycles. The number of rotatable bonds is 3. The predicted octanol–water partition coefficient (Wildman–Crippen LogP) is 3.74. The van der Waals surface area contributed by atoms with Crippen molar-refractivity contribution in [3.63, 3.8) is 0 Å². The van der Waals surface area contributed by atoms with E-state index in [0.29, 0.717) is 0 Å². The zero-order chi connectivity index (χ0) is 10.5. The van der Waals surface area contributed by atoms with Gasteiger partial charge in [-0.05, 0) is 31.2 Å². The van der Waals surface area contributed by atoms with Gasteiger partial charge in [0.25, 0.3) is 0 Å². The van der Waals surface area contributed by atoms with E-state index in [-0.39, 0.29) is 0 Å². The van der Waals surface area contributed by atoms with Crippen LogP contribution in [0.4, 0.5) is 0 Å². The van der Waals surface area contributed by atoms with Crippen molar-refractivity contribution in [2.45, 2.75) is 70.8 Å². The van der Waals surface area contributed by atoms with Crippen LogP contribution >= 0.6 is 0 Å². The molecule has 1 heteroatoms. The molecule has 2 aliphatic carbocycles. The highest BCUT2D eigenvalue weighted by Crippen LogP contribution is 2.38. The van der Waals surface area contributed by atoms with E-state index >= 15 is 0 Å². The zero-order valence-corrected chi connectivity index (χ0v) is 10.3. The Morgan fingerprint density at radius 2 is 1.60 bits per heavy atom. The Kier molecular flexibility index (Phi) is 4.49. The van der Waals surface area contributed by atoms with Gasteiger partial charge in [-0.2, -0.15) is 0 Å². The second-order valence-electron chi connectivity index (χ2n) is 5.58. The van der Waals surface area contributed by atoms with Crippen LogP contribution in [0.2, 0.25) is 0 Å². The summed E-state index contributed by atoms with van der Waals surface area (Å²) in [4.78, 5) is 0. The summed E-state index contributed by atoms with van der Waals surface area (Å²) < 4.78 is 0. The molecule has 0 saturated heterocycles. The summed E-state index contributed by atoms with van der Waals surface area (Å²) in [6.45, 7) is 3.40. The lowest BCUT2D eigenvalue weighted by atomic mass is 9.72. The van der Waals surface area contributed by atoms with Crippen LogP contribution < -0.4 is 5.32 Å². The summed E-state index contributed by atoms with van der Waals surface area (Å²) in [5.74, 6) is 2.14. The first kappa shape index (κ1) is 11.4. The third-order valence-electron chi connectivity index (χ3n) is 4.52. The van der Waals surface area contributed by atoms with Crippen LogP contribution in [0.25, 0.3) is 0 Å². The van der Waals surface area contributed by atoms with Crippen molar-refractivity contribution in [3.8, 4) is 0 Å². The van der Waals surface area contributed by atoms with Gasteiger partial charge >= 0.3 is 0 Å². The molecule has 2 aliphatic rings. The Morgan fingerprint density at radius 1 is 0.867 bits per heavy atom. The number of hydrogen-bond acceptors (Lipinski definition) is 1. The molecule has 1 nitrogen and oxygen atoms in total. The summed E-state index contributed by atoms with van der Waals surface area (Å²) in [6, 6.07) is 0.843. The molecule has 2 saturated carbocycles. The van der Waals surface area contributed by atoms with Gasteiger partial charge in [-0.15, -0.1) is 0 Å². The van der Waals surface area contributed by atoms with Crippen molar-refractivity contribution in [1.29, 1.82) is 0 Å². The lowest BCUT2D eigenvalue weighted by molar-refractivity contribution is 0.172. The Labute approximate surface area is 95.0 Å². The topological polar surface area (TPSA) is 12.0 Å². The average molecular weight is 209 g/mol. The van der Waals surface area contributed by atoms with Crippen LogP contribution in [0, 0.1) is 11.8 Å². The summed E-state index contributed by atoms with van der Waals surface area (Å²) in [7, 11) is 0. The molecule has 0 radical (unpaired) electrons. The third kappa shape index (κ3) is 3.21. The minimum atomic E-state index is 0.843. The van der Waals surface area contributed by atoms with E-state index in [9.17, 15) is 0 Å². The fourth-order valence-corrected chi connectivity index (χ4v) is 3.74. The zero-order valence-electron chi connectivity index (χ0n) is 10.3. The number of nitrogens with one attached hydrogen (secondary N) is 1. The first-order valence-corrected chi connectivity index (χ1v) is 7.13. The highest BCUT2D eigenvalue weighted by atomic mass is 14.9. The van der Waals surface area contributed by atoms with E-state index in [1.807, 2.05) is 0 Å². The molecule has 0 amide bonds. The minimum absolute atomic E-state index is 0.843. The maximum absolute atomic E-state index is 3.65. The second kappa shape index (κ2) is 5.89. The van der Waals surface area contributed by atoms with E-state index in [2.05, 4.69) is 12.2 Å². The molecular weight excluding hydrogens is 182 g/mol. The normalized spacial score (nSPS) is 34.2. The smallest absolute Gasteiger partial charge is 0.00696 e. The first-order chi connectivity index (χ1) is 7.40. The van der Waals surface area contributed by atoms with Crippen LogP contribution in [-0.4, -0.2) is 12.6 Å². The monoisotopic (exact) mass is 209 g/mol. The Morgan fingerprint density at radius 3 is 2.33 bits per heavy atom. The Hall–Kier alpha value is -0.0400. The number of hydrogen-bond donors (Lipinski definition) is 1. The van der Waals surface area contributed by atoms with Crippen molar-refractivity contribution >= 4 is 0 Å². The molecule has 15 heavy (non-hydrogen) atoms. The Balaban J connectivity index is 1.80. The third-order valence-corrected chi connectivity index (χ3v) is 4.52. The highest BCUT2D eigenvalue weighted by molar-refractivity contribution is 4.83. The summed E-state index contributed by atoms with van der Waals surface area (Å²) >= 11 is 0. The van der Waals surface area contributed by atoms with Gasteiger partial charge in [-0.25, -0.2) is 0 Å². The summed E-state index contributed by atoms with van der Waals surface area (Å²) in [6.07, 6.45) is 13.5. The fraction of sp³-hybridized carbons (Fsp3) is 1.00. The maximum Gasteiger partial charge on any atom is 0.00696 e. The summed E-state index contributed by atoms with van der Waals surface area (Å²) in [5, 5.41) is 3.65. The van der Waals surface area contributed by atoms with E-state index in [1.165, 1.54) is 57.8 Å². The van der Waals surface area contributed by atoms with Crippen molar-refractivity contribution in [1.82, 2.24) is 5.32 Å². The van der Waals surface area contributed by atoms with Crippen LogP contribution in [0.3, 0.4) is 0 Å².